The van der Waals surface area contributed by atoms with Crippen molar-refractivity contribution in [1.29, 1.82) is 0 Å². The molecule has 16 heavy (non-hydrogen) atoms. The molecule has 0 rings (SSSR count). The molecule has 0 N–H and O–H groups in total. The summed E-state index contributed by atoms with van der Waals surface area (Å²) < 4.78 is 0. The van der Waals surface area contributed by atoms with Gasteiger partial charge in [-0.3, -0.25) is 4.90 Å². The van der Waals surface area contributed by atoms with E-state index in [0.29, 0.717) is 0 Å². The first-order valence-corrected chi connectivity index (χ1v) is 5.65. The highest BCUT2D eigenvalue weighted by atomic mass is 15.2. The molecule has 0 bridgehead atoms. The predicted molar refractivity (Wildman–Crippen MR) is 72.9 cm³/mol. The number of nitrogens with zero attached hydrogens (tertiary/aromatic N) is 3. The molecule has 0 unspecified atom stereocenters. The lowest BCUT2D eigenvalue weighted by Crippen LogP contribution is -2.34. The second kappa shape index (κ2) is 7.23. The van der Waals surface area contributed by atoms with Gasteiger partial charge in [0.1, 0.15) is 5.84 Å². The third-order valence-corrected chi connectivity index (χ3v) is 2.42. The molecule has 3 heteroatoms. The molecule has 92 valence electrons. The Labute approximate surface area is 100 Å². The number of hydrogen-bond donors (Lipinski definition) is 0. The summed E-state index contributed by atoms with van der Waals surface area (Å²) >= 11 is 0. The van der Waals surface area contributed by atoms with Crippen molar-refractivity contribution in [2.75, 3.05) is 34.2 Å². The van der Waals surface area contributed by atoms with Gasteiger partial charge in [-0.05, 0) is 33.5 Å². The van der Waals surface area contributed by atoms with E-state index in [0.717, 1.165) is 24.6 Å². The Kier molecular flexibility index (Phi) is 6.74. The van der Waals surface area contributed by atoms with Gasteiger partial charge in [-0.15, -0.1) is 0 Å². The first-order valence-electron chi connectivity index (χ1n) is 5.65. The molecule has 0 radical (unpaired) electrons. The maximum atomic E-state index is 4.64. The van der Waals surface area contributed by atoms with Crippen LogP contribution in [0.5, 0.6) is 0 Å². The molecule has 0 spiro atoms. The van der Waals surface area contributed by atoms with Gasteiger partial charge < -0.3 is 4.90 Å². The zero-order chi connectivity index (χ0) is 12.7. The summed E-state index contributed by atoms with van der Waals surface area (Å²) in [7, 11) is 6.14. The molecule has 0 saturated carbocycles. The van der Waals surface area contributed by atoms with E-state index < -0.39 is 0 Å². The molecular formula is C13H25N3. The lowest BCUT2D eigenvalue weighted by atomic mass is 10.2. The van der Waals surface area contributed by atoms with E-state index in [1.165, 1.54) is 5.57 Å². The van der Waals surface area contributed by atoms with Crippen molar-refractivity contribution < 1.29 is 0 Å². The average Bonchev–Trinajstić information content (AvgIpc) is 2.22. The fourth-order valence-corrected chi connectivity index (χ4v) is 1.13. The maximum Gasteiger partial charge on any atom is 0.118 e. The minimum Gasteiger partial charge on any atom is -0.365 e. The van der Waals surface area contributed by atoms with Crippen molar-refractivity contribution in [3.05, 3.63) is 23.9 Å². The first-order chi connectivity index (χ1) is 7.42. The highest BCUT2D eigenvalue weighted by Crippen LogP contribution is 2.07. The van der Waals surface area contributed by atoms with Gasteiger partial charge in [-0.1, -0.05) is 19.1 Å². The molecular weight excluding hydrogens is 198 g/mol. The standard InChI is InChI=1S/C13H25N3/c1-8-12(11(3)4)14-13(15(5)6)10-16(7)9-2/h8H,1,9-10H2,2-7H3. The summed E-state index contributed by atoms with van der Waals surface area (Å²) in [6, 6.07) is 0. The maximum absolute atomic E-state index is 4.64. The Morgan fingerprint density at radius 2 is 1.81 bits per heavy atom. The molecule has 0 atom stereocenters. The molecule has 0 aliphatic carbocycles. The fourth-order valence-electron chi connectivity index (χ4n) is 1.13. The van der Waals surface area contributed by atoms with Crippen molar-refractivity contribution >= 4 is 5.84 Å². The monoisotopic (exact) mass is 223 g/mol. The van der Waals surface area contributed by atoms with Crippen molar-refractivity contribution in [3.8, 4) is 0 Å². The second-order valence-electron chi connectivity index (χ2n) is 4.34. The molecule has 0 aromatic rings. The average molecular weight is 223 g/mol. The summed E-state index contributed by atoms with van der Waals surface area (Å²) in [5.74, 6) is 1.06. The van der Waals surface area contributed by atoms with Gasteiger partial charge >= 0.3 is 0 Å². The molecule has 0 fully saturated rings. The molecule has 0 amide bonds. The lowest BCUT2D eigenvalue weighted by molar-refractivity contribution is 0.387. The smallest absolute Gasteiger partial charge is 0.118 e. The van der Waals surface area contributed by atoms with Crippen LogP contribution in [-0.4, -0.2) is 49.9 Å². The molecule has 0 aromatic heterocycles. The Bertz CT molecular complexity index is 284. The van der Waals surface area contributed by atoms with Crippen molar-refractivity contribution in [3.63, 3.8) is 0 Å². The zero-order valence-electron chi connectivity index (χ0n) is 11.5. The summed E-state index contributed by atoms with van der Waals surface area (Å²) in [6.45, 7) is 11.9. The van der Waals surface area contributed by atoms with E-state index in [2.05, 4.69) is 49.2 Å². The SMILES string of the molecule is C=CC(N=C(CN(C)CC)N(C)C)=C(C)C. The number of aliphatic imine (C=N–C) groups is 1. The molecule has 0 aliphatic rings. The summed E-state index contributed by atoms with van der Waals surface area (Å²) in [6.07, 6.45) is 1.81. The Morgan fingerprint density at radius 3 is 2.12 bits per heavy atom. The third kappa shape index (κ3) is 5.12. The van der Waals surface area contributed by atoms with Gasteiger partial charge in [0.2, 0.25) is 0 Å². The van der Waals surface area contributed by atoms with Crippen LogP contribution in [0, 0.1) is 0 Å². The van der Waals surface area contributed by atoms with Crippen molar-refractivity contribution in [1.82, 2.24) is 9.80 Å². The van der Waals surface area contributed by atoms with E-state index in [1.54, 1.807) is 0 Å². The fraction of sp³-hybridized carbons (Fsp3) is 0.615. The molecule has 0 heterocycles. The summed E-state index contributed by atoms with van der Waals surface area (Å²) in [4.78, 5) is 8.92. The summed E-state index contributed by atoms with van der Waals surface area (Å²) in [5.41, 5.74) is 2.15. The number of allylic oxidation sites excluding steroid dienone is 2. The van der Waals surface area contributed by atoms with Crippen molar-refractivity contribution in [2.24, 2.45) is 4.99 Å². The van der Waals surface area contributed by atoms with Gasteiger partial charge in [0.15, 0.2) is 0 Å². The van der Waals surface area contributed by atoms with Crippen LogP contribution in [0.4, 0.5) is 0 Å². The first kappa shape index (κ1) is 14.9. The molecule has 3 nitrogen and oxygen atoms in total. The largest absolute Gasteiger partial charge is 0.365 e. The Balaban J connectivity index is 4.98. The quantitative estimate of drug-likeness (QED) is 0.405. The van der Waals surface area contributed by atoms with E-state index in [4.69, 9.17) is 0 Å². The Hall–Kier alpha value is -1.09. The predicted octanol–water partition coefficient (Wildman–Crippen LogP) is 2.38. The van der Waals surface area contributed by atoms with Crippen molar-refractivity contribution in [2.45, 2.75) is 20.8 Å². The van der Waals surface area contributed by atoms with E-state index in [-0.39, 0.29) is 0 Å². The molecule has 0 aromatic carbocycles. The van der Waals surface area contributed by atoms with Crippen LogP contribution in [0.25, 0.3) is 0 Å². The second-order valence-corrected chi connectivity index (χ2v) is 4.34. The topological polar surface area (TPSA) is 18.8 Å². The highest BCUT2D eigenvalue weighted by molar-refractivity contribution is 5.85. The van der Waals surface area contributed by atoms with E-state index >= 15 is 0 Å². The van der Waals surface area contributed by atoms with Crippen LogP contribution in [0.2, 0.25) is 0 Å². The van der Waals surface area contributed by atoms with Gasteiger partial charge in [-0.25, -0.2) is 4.99 Å². The molecule has 0 aliphatic heterocycles. The zero-order valence-corrected chi connectivity index (χ0v) is 11.5. The van der Waals surface area contributed by atoms with Gasteiger partial charge in [-0.2, -0.15) is 0 Å². The third-order valence-electron chi connectivity index (χ3n) is 2.42. The molecule has 0 saturated heterocycles. The van der Waals surface area contributed by atoms with E-state index in [9.17, 15) is 0 Å². The van der Waals surface area contributed by atoms with E-state index in [1.807, 2.05) is 20.2 Å². The van der Waals surface area contributed by atoms with Crippen LogP contribution < -0.4 is 0 Å². The van der Waals surface area contributed by atoms with Crippen LogP contribution in [0.3, 0.4) is 0 Å². The lowest BCUT2D eigenvalue weighted by Gasteiger charge is -2.21. The number of likely N-dealkylation sites (N-methyl/N-ethyl adjacent to an activating group) is 2. The van der Waals surface area contributed by atoms with Crippen LogP contribution >= 0.6 is 0 Å². The minimum atomic E-state index is 0.855. The van der Waals surface area contributed by atoms with Crippen LogP contribution in [0.1, 0.15) is 20.8 Å². The minimum absolute atomic E-state index is 0.855. The summed E-state index contributed by atoms with van der Waals surface area (Å²) in [5, 5.41) is 0. The van der Waals surface area contributed by atoms with Gasteiger partial charge in [0.05, 0.1) is 12.2 Å². The van der Waals surface area contributed by atoms with Crippen LogP contribution in [-0.2, 0) is 0 Å². The number of hydrogen-bond acceptors (Lipinski definition) is 2. The van der Waals surface area contributed by atoms with Gasteiger partial charge in [0.25, 0.3) is 0 Å². The van der Waals surface area contributed by atoms with Crippen LogP contribution in [0.15, 0.2) is 28.9 Å². The Morgan fingerprint density at radius 1 is 1.25 bits per heavy atom. The highest BCUT2D eigenvalue weighted by Gasteiger charge is 2.06. The normalized spacial score (nSPS) is 11.6. The number of amidine groups is 1. The number of rotatable bonds is 5. The van der Waals surface area contributed by atoms with Gasteiger partial charge in [0, 0.05) is 14.1 Å².